The van der Waals surface area contributed by atoms with Crippen molar-refractivity contribution in [3.05, 3.63) is 46.2 Å². The lowest BCUT2D eigenvalue weighted by molar-refractivity contribution is 0.101. The Balaban J connectivity index is 2.07. The average Bonchev–Trinajstić information content (AvgIpc) is 2.78. The lowest BCUT2D eigenvalue weighted by Crippen LogP contribution is -2.00. The number of aromatic hydroxyl groups is 4. The molecule has 6 nitrogen and oxygen atoms in total. The second-order valence-electron chi connectivity index (χ2n) is 5.37. The van der Waals surface area contributed by atoms with Crippen molar-refractivity contribution in [1.29, 1.82) is 0 Å². The van der Waals surface area contributed by atoms with E-state index < -0.39 is 17.2 Å². The number of carbonyl (C=O) groups is 1. The first kappa shape index (κ1) is 14.8. The molecule has 0 aliphatic carbocycles. The Bertz CT molecular complexity index is 856. The van der Waals surface area contributed by atoms with E-state index in [1.165, 1.54) is 24.3 Å². The summed E-state index contributed by atoms with van der Waals surface area (Å²) in [5, 5.41) is 38.2. The van der Waals surface area contributed by atoms with Crippen molar-refractivity contribution in [3.8, 4) is 28.7 Å². The normalized spacial score (nSPS) is 14.9. The molecule has 4 N–H and O–H groups in total. The maximum absolute atomic E-state index is 12.5. The molecule has 23 heavy (non-hydrogen) atoms. The van der Waals surface area contributed by atoms with Gasteiger partial charge in [-0.2, -0.15) is 0 Å². The van der Waals surface area contributed by atoms with E-state index in [2.05, 4.69) is 0 Å². The Morgan fingerprint density at radius 3 is 2.13 bits per heavy atom. The van der Waals surface area contributed by atoms with Gasteiger partial charge in [-0.1, -0.05) is 0 Å². The number of ketones is 1. The largest absolute Gasteiger partial charge is 0.508 e. The predicted molar refractivity (Wildman–Crippen MR) is 82.0 cm³/mol. The fraction of sp³-hybridized carbons (Fsp3) is 0.118. The molecule has 0 bridgehead atoms. The van der Waals surface area contributed by atoms with Gasteiger partial charge in [0.25, 0.3) is 0 Å². The van der Waals surface area contributed by atoms with Gasteiger partial charge in [0.15, 0.2) is 23.0 Å². The molecule has 1 heterocycles. The van der Waals surface area contributed by atoms with Crippen molar-refractivity contribution in [2.45, 2.75) is 13.8 Å². The Morgan fingerprint density at radius 2 is 1.52 bits per heavy atom. The molecule has 1 aliphatic heterocycles. The fourth-order valence-electron chi connectivity index (χ4n) is 2.47. The van der Waals surface area contributed by atoms with Crippen LogP contribution in [-0.2, 0) is 0 Å². The zero-order chi connectivity index (χ0) is 16.9. The number of benzene rings is 2. The average molecular weight is 314 g/mol. The van der Waals surface area contributed by atoms with Gasteiger partial charge in [0.1, 0.15) is 11.5 Å². The van der Waals surface area contributed by atoms with Gasteiger partial charge in [-0.05, 0) is 48.7 Å². The van der Waals surface area contributed by atoms with E-state index in [0.717, 1.165) is 0 Å². The number of fused-ring (bicyclic) bond motifs is 1. The zero-order valence-corrected chi connectivity index (χ0v) is 12.4. The molecular formula is C17H14O6. The molecule has 0 fully saturated rings. The van der Waals surface area contributed by atoms with Crippen molar-refractivity contribution >= 4 is 11.9 Å². The number of hydrogen-bond acceptors (Lipinski definition) is 6. The molecule has 1 aliphatic rings. The third-order valence-electron chi connectivity index (χ3n) is 3.90. The van der Waals surface area contributed by atoms with Crippen molar-refractivity contribution in [2.24, 2.45) is 0 Å². The SMILES string of the molecule is Cc1c(O)cc2c(c1C)C(=O)/C(=C/c1cc(O)c(O)c(O)c1)O2. The summed E-state index contributed by atoms with van der Waals surface area (Å²) in [6, 6.07) is 3.76. The van der Waals surface area contributed by atoms with Gasteiger partial charge in [-0.25, -0.2) is 0 Å². The quantitative estimate of drug-likeness (QED) is 0.476. The molecule has 2 aromatic rings. The minimum absolute atomic E-state index is 0.00223. The minimum Gasteiger partial charge on any atom is -0.508 e. The van der Waals surface area contributed by atoms with Crippen LogP contribution < -0.4 is 4.74 Å². The number of allylic oxidation sites excluding steroid dienone is 1. The van der Waals surface area contributed by atoms with E-state index in [-0.39, 0.29) is 28.6 Å². The predicted octanol–water partition coefficient (Wildman–Crippen LogP) is 2.74. The first-order valence-corrected chi connectivity index (χ1v) is 6.82. The van der Waals surface area contributed by atoms with Crippen LogP contribution in [0.2, 0.25) is 0 Å². The monoisotopic (exact) mass is 314 g/mol. The maximum atomic E-state index is 12.5. The van der Waals surface area contributed by atoms with Crippen LogP contribution in [0.1, 0.15) is 27.0 Å². The third-order valence-corrected chi connectivity index (χ3v) is 3.90. The summed E-state index contributed by atoms with van der Waals surface area (Å²) in [6.45, 7) is 3.42. The first-order chi connectivity index (χ1) is 10.8. The summed E-state index contributed by atoms with van der Waals surface area (Å²) in [6.07, 6.45) is 1.34. The van der Waals surface area contributed by atoms with Crippen LogP contribution in [0, 0.1) is 13.8 Å². The maximum Gasteiger partial charge on any atom is 0.232 e. The van der Waals surface area contributed by atoms with E-state index in [1.54, 1.807) is 13.8 Å². The highest BCUT2D eigenvalue weighted by Gasteiger charge is 2.31. The van der Waals surface area contributed by atoms with Crippen LogP contribution in [0.5, 0.6) is 28.7 Å². The molecule has 0 aromatic heterocycles. The number of ether oxygens (including phenoxy) is 1. The molecule has 0 amide bonds. The third kappa shape index (κ3) is 2.24. The highest BCUT2D eigenvalue weighted by molar-refractivity contribution is 6.15. The Labute approximate surface area is 131 Å². The van der Waals surface area contributed by atoms with Gasteiger partial charge >= 0.3 is 0 Å². The van der Waals surface area contributed by atoms with Gasteiger partial charge in [0.2, 0.25) is 5.78 Å². The lowest BCUT2D eigenvalue weighted by Gasteiger charge is -2.06. The van der Waals surface area contributed by atoms with Crippen molar-refractivity contribution in [1.82, 2.24) is 0 Å². The van der Waals surface area contributed by atoms with E-state index >= 15 is 0 Å². The lowest BCUT2D eigenvalue weighted by atomic mass is 9.98. The summed E-state index contributed by atoms with van der Waals surface area (Å²) in [5.74, 6) is -1.71. The fourth-order valence-corrected chi connectivity index (χ4v) is 2.47. The molecule has 2 aromatic carbocycles. The topological polar surface area (TPSA) is 107 Å². The summed E-state index contributed by atoms with van der Waals surface area (Å²) < 4.78 is 5.48. The van der Waals surface area contributed by atoms with Gasteiger partial charge in [-0.15, -0.1) is 0 Å². The van der Waals surface area contributed by atoms with Gasteiger partial charge < -0.3 is 25.2 Å². The highest BCUT2D eigenvalue weighted by Crippen LogP contribution is 2.40. The molecule has 118 valence electrons. The Hall–Kier alpha value is -3.15. The smallest absolute Gasteiger partial charge is 0.232 e. The van der Waals surface area contributed by atoms with Crippen LogP contribution in [0.3, 0.4) is 0 Å². The number of hydrogen-bond donors (Lipinski definition) is 4. The second-order valence-corrected chi connectivity index (χ2v) is 5.37. The van der Waals surface area contributed by atoms with Crippen LogP contribution in [0.15, 0.2) is 24.0 Å². The highest BCUT2D eigenvalue weighted by atomic mass is 16.5. The number of rotatable bonds is 1. The number of carbonyl (C=O) groups excluding carboxylic acids is 1. The van der Waals surface area contributed by atoms with Crippen molar-refractivity contribution in [2.75, 3.05) is 0 Å². The molecule has 0 spiro atoms. The van der Waals surface area contributed by atoms with Crippen molar-refractivity contribution in [3.63, 3.8) is 0 Å². The van der Waals surface area contributed by atoms with E-state index in [0.29, 0.717) is 16.7 Å². The van der Waals surface area contributed by atoms with Crippen molar-refractivity contribution < 1.29 is 30.0 Å². The molecule has 0 saturated heterocycles. The minimum atomic E-state index is -0.634. The van der Waals surface area contributed by atoms with E-state index in [9.17, 15) is 25.2 Å². The Kier molecular flexibility index (Phi) is 3.18. The first-order valence-electron chi connectivity index (χ1n) is 6.82. The number of phenolic OH excluding ortho intramolecular Hbond substituents is 4. The van der Waals surface area contributed by atoms with Crippen LogP contribution in [0.4, 0.5) is 0 Å². The van der Waals surface area contributed by atoms with Gasteiger partial charge in [-0.3, -0.25) is 4.79 Å². The summed E-state index contributed by atoms with van der Waals surface area (Å²) >= 11 is 0. The van der Waals surface area contributed by atoms with E-state index in [4.69, 9.17) is 4.74 Å². The molecule has 0 unspecified atom stereocenters. The van der Waals surface area contributed by atoms with Crippen LogP contribution >= 0.6 is 0 Å². The molecule has 0 radical (unpaired) electrons. The van der Waals surface area contributed by atoms with Gasteiger partial charge in [0, 0.05) is 6.07 Å². The summed E-state index contributed by atoms with van der Waals surface area (Å²) in [5.41, 5.74) is 1.89. The molecule has 6 heteroatoms. The van der Waals surface area contributed by atoms with Crippen LogP contribution in [0.25, 0.3) is 6.08 Å². The molecular weight excluding hydrogens is 300 g/mol. The molecule has 0 saturated carbocycles. The van der Waals surface area contributed by atoms with Gasteiger partial charge in [0.05, 0.1) is 5.56 Å². The second kappa shape index (κ2) is 4.95. The van der Waals surface area contributed by atoms with Crippen LogP contribution in [-0.4, -0.2) is 26.2 Å². The number of Topliss-reactive ketones (excluding diaryl/α,β-unsaturated/α-hetero) is 1. The molecule has 0 atom stereocenters. The standard InChI is InChI=1S/C17H14O6/c1-7-8(2)15-13(6-10(7)18)23-14(17(15)22)5-9-3-11(19)16(21)12(20)4-9/h3-6,18-21H,1-2H3/b14-5-. The molecule has 3 rings (SSSR count). The zero-order valence-electron chi connectivity index (χ0n) is 12.4. The summed E-state index contributed by atoms with van der Waals surface area (Å²) in [7, 11) is 0. The summed E-state index contributed by atoms with van der Waals surface area (Å²) in [4.78, 5) is 12.5. The van der Waals surface area contributed by atoms with E-state index in [1.807, 2.05) is 0 Å². The Morgan fingerprint density at radius 1 is 0.913 bits per heavy atom. The number of phenols is 4.